The Morgan fingerprint density at radius 1 is 1.33 bits per heavy atom. The highest BCUT2D eigenvalue weighted by atomic mass is 32.2. The van der Waals surface area contributed by atoms with Crippen molar-refractivity contribution in [3.63, 3.8) is 0 Å². The zero-order valence-corrected chi connectivity index (χ0v) is 16.5. The van der Waals surface area contributed by atoms with Crippen LogP contribution >= 0.6 is 0 Å². The lowest BCUT2D eigenvalue weighted by Gasteiger charge is -2.23. The van der Waals surface area contributed by atoms with E-state index in [0.717, 1.165) is 11.1 Å². The Morgan fingerprint density at radius 2 is 2.11 bits per heavy atom. The molecule has 144 valence electrons. The molecule has 0 saturated carbocycles. The average Bonchev–Trinajstić information content (AvgIpc) is 2.97. The SMILES string of the molecule is CC1Cc2ccc(S(=O)(=O)N(C)C)cc2N1C(=O)NCCc1cccnc1. The fourth-order valence-electron chi connectivity index (χ4n) is 3.21. The van der Waals surface area contributed by atoms with Gasteiger partial charge in [-0.3, -0.25) is 9.88 Å². The van der Waals surface area contributed by atoms with Gasteiger partial charge in [0.2, 0.25) is 10.0 Å². The molecule has 1 atom stereocenters. The molecule has 7 nitrogen and oxygen atoms in total. The smallest absolute Gasteiger partial charge is 0.322 e. The summed E-state index contributed by atoms with van der Waals surface area (Å²) in [4.78, 5) is 18.6. The van der Waals surface area contributed by atoms with Crippen molar-refractivity contribution in [2.24, 2.45) is 0 Å². The summed E-state index contributed by atoms with van der Waals surface area (Å²) in [6.07, 6.45) is 4.87. The number of carbonyl (C=O) groups excluding carboxylic acids is 1. The maximum atomic E-state index is 12.7. The minimum Gasteiger partial charge on any atom is -0.337 e. The summed E-state index contributed by atoms with van der Waals surface area (Å²) in [7, 11) is -0.562. The van der Waals surface area contributed by atoms with Crippen LogP contribution in [-0.4, -0.2) is 50.4 Å². The van der Waals surface area contributed by atoms with Gasteiger partial charge in [0, 0.05) is 39.1 Å². The highest BCUT2D eigenvalue weighted by Gasteiger charge is 2.32. The van der Waals surface area contributed by atoms with Gasteiger partial charge in [-0.25, -0.2) is 17.5 Å². The first kappa shape index (κ1) is 19.3. The number of hydrogen-bond donors (Lipinski definition) is 1. The van der Waals surface area contributed by atoms with Gasteiger partial charge in [0.1, 0.15) is 0 Å². The number of benzene rings is 1. The Morgan fingerprint density at radius 3 is 2.78 bits per heavy atom. The second-order valence-corrected chi connectivity index (χ2v) is 9.00. The van der Waals surface area contributed by atoms with Crippen LogP contribution in [0.25, 0.3) is 0 Å². The lowest BCUT2D eigenvalue weighted by Crippen LogP contribution is -2.44. The molecule has 0 saturated heterocycles. The number of sulfonamides is 1. The monoisotopic (exact) mass is 388 g/mol. The van der Waals surface area contributed by atoms with Gasteiger partial charge in [-0.05, 0) is 49.1 Å². The lowest BCUT2D eigenvalue weighted by atomic mass is 10.1. The van der Waals surface area contributed by atoms with Gasteiger partial charge in [-0.2, -0.15) is 0 Å². The number of fused-ring (bicyclic) bond motifs is 1. The molecule has 1 unspecified atom stereocenters. The lowest BCUT2D eigenvalue weighted by molar-refractivity contribution is 0.245. The Balaban J connectivity index is 1.76. The molecule has 1 aliphatic heterocycles. The molecule has 2 heterocycles. The number of nitrogens with zero attached hydrogens (tertiary/aromatic N) is 3. The van der Waals surface area contributed by atoms with E-state index < -0.39 is 10.0 Å². The van der Waals surface area contributed by atoms with Crippen molar-refractivity contribution < 1.29 is 13.2 Å². The van der Waals surface area contributed by atoms with Crippen LogP contribution in [-0.2, 0) is 22.9 Å². The van der Waals surface area contributed by atoms with Crippen LogP contribution in [0.4, 0.5) is 10.5 Å². The molecular weight excluding hydrogens is 364 g/mol. The standard InChI is InChI=1S/C19H24N4O3S/c1-14-11-16-6-7-17(27(25,26)22(2)3)12-18(16)23(14)19(24)21-10-8-15-5-4-9-20-13-15/h4-7,9,12-14H,8,10-11H2,1-3H3,(H,21,24). The van der Waals surface area contributed by atoms with E-state index in [0.29, 0.717) is 25.1 Å². The Bertz CT molecular complexity index is 929. The van der Waals surface area contributed by atoms with Gasteiger partial charge >= 0.3 is 6.03 Å². The molecule has 1 aromatic heterocycles. The summed E-state index contributed by atoms with van der Waals surface area (Å²) in [6, 6.07) is 8.57. The molecule has 0 radical (unpaired) electrons. The van der Waals surface area contributed by atoms with E-state index in [-0.39, 0.29) is 17.0 Å². The van der Waals surface area contributed by atoms with Gasteiger partial charge in [-0.1, -0.05) is 12.1 Å². The molecule has 1 aromatic carbocycles. The van der Waals surface area contributed by atoms with E-state index in [4.69, 9.17) is 0 Å². The second kappa shape index (κ2) is 7.66. The first-order valence-electron chi connectivity index (χ1n) is 8.82. The number of anilines is 1. The fourth-order valence-corrected chi connectivity index (χ4v) is 4.14. The minimum absolute atomic E-state index is 0.0318. The normalized spacial score (nSPS) is 16.4. The summed E-state index contributed by atoms with van der Waals surface area (Å²) in [5.74, 6) is 0. The van der Waals surface area contributed by atoms with Crippen LogP contribution in [0.15, 0.2) is 47.6 Å². The van der Waals surface area contributed by atoms with Crippen molar-refractivity contribution in [3.8, 4) is 0 Å². The number of pyridine rings is 1. The molecular formula is C19H24N4O3S. The highest BCUT2D eigenvalue weighted by Crippen LogP contribution is 2.34. The van der Waals surface area contributed by atoms with E-state index in [9.17, 15) is 13.2 Å². The largest absolute Gasteiger partial charge is 0.337 e. The van der Waals surface area contributed by atoms with Crippen molar-refractivity contribution in [1.29, 1.82) is 0 Å². The van der Waals surface area contributed by atoms with Crippen molar-refractivity contribution in [1.82, 2.24) is 14.6 Å². The summed E-state index contributed by atoms with van der Waals surface area (Å²) in [5, 5.41) is 2.92. The second-order valence-electron chi connectivity index (χ2n) is 6.84. The predicted octanol–water partition coefficient (Wildman–Crippen LogP) is 2.04. The molecule has 1 N–H and O–H groups in total. The zero-order chi connectivity index (χ0) is 19.6. The van der Waals surface area contributed by atoms with Gasteiger partial charge < -0.3 is 5.32 Å². The number of hydrogen-bond acceptors (Lipinski definition) is 4. The van der Waals surface area contributed by atoms with E-state index in [2.05, 4.69) is 10.3 Å². The number of urea groups is 1. The maximum absolute atomic E-state index is 12.7. The summed E-state index contributed by atoms with van der Waals surface area (Å²) >= 11 is 0. The van der Waals surface area contributed by atoms with E-state index in [1.54, 1.807) is 35.5 Å². The van der Waals surface area contributed by atoms with Crippen LogP contribution < -0.4 is 10.2 Å². The van der Waals surface area contributed by atoms with E-state index in [1.807, 2.05) is 19.1 Å². The molecule has 0 spiro atoms. The topological polar surface area (TPSA) is 82.6 Å². The molecule has 1 aliphatic rings. The highest BCUT2D eigenvalue weighted by molar-refractivity contribution is 7.89. The number of aromatic nitrogens is 1. The summed E-state index contributed by atoms with van der Waals surface area (Å²) in [5.41, 5.74) is 2.68. The van der Waals surface area contributed by atoms with Crippen LogP contribution in [0.1, 0.15) is 18.1 Å². The molecule has 0 aliphatic carbocycles. The molecule has 0 bridgehead atoms. The zero-order valence-electron chi connectivity index (χ0n) is 15.7. The van der Waals surface area contributed by atoms with Gasteiger partial charge in [0.25, 0.3) is 0 Å². The van der Waals surface area contributed by atoms with Crippen LogP contribution in [0, 0.1) is 0 Å². The van der Waals surface area contributed by atoms with E-state index >= 15 is 0 Å². The number of rotatable bonds is 5. The van der Waals surface area contributed by atoms with Gasteiger partial charge in [0.15, 0.2) is 0 Å². The molecule has 8 heteroatoms. The minimum atomic E-state index is -3.55. The van der Waals surface area contributed by atoms with Crippen LogP contribution in [0.3, 0.4) is 0 Å². The summed E-state index contributed by atoms with van der Waals surface area (Å²) < 4.78 is 26.0. The third kappa shape index (κ3) is 3.96. The first-order valence-corrected chi connectivity index (χ1v) is 10.3. The number of amides is 2. The fraction of sp³-hybridized carbons (Fsp3) is 0.368. The number of nitrogens with one attached hydrogen (secondary N) is 1. The third-order valence-corrected chi connectivity index (χ3v) is 6.49. The molecule has 27 heavy (non-hydrogen) atoms. The van der Waals surface area contributed by atoms with Crippen LogP contribution in [0.5, 0.6) is 0 Å². The van der Waals surface area contributed by atoms with E-state index in [1.165, 1.54) is 18.4 Å². The summed E-state index contributed by atoms with van der Waals surface area (Å²) in [6.45, 7) is 2.44. The molecule has 2 amide bonds. The van der Waals surface area contributed by atoms with Crippen molar-refractivity contribution in [2.45, 2.75) is 30.7 Å². The van der Waals surface area contributed by atoms with Crippen molar-refractivity contribution in [2.75, 3.05) is 25.5 Å². The van der Waals surface area contributed by atoms with Crippen LogP contribution in [0.2, 0.25) is 0 Å². The third-order valence-electron chi connectivity index (χ3n) is 4.68. The van der Waals surface area contributed by atoms with Gasteiger partial charge in [-0.15, -0.1) is 0 Å². The predicted molar refractivity (Wildman–Crippen MR) is 104 cm³/mol. The first-order chi connectivity index (χ1) is 12.8. The van der Waals surface area contributed by atoms with Gasteiger partial charge in [0.05, 0.1) is 10.6 Å². The van der Waals surface area contributed by atoms with Crippen molar-refractivity contribution >= 4 is 21.7 Å². The Hall–Kier alpha value is -2.45. The Kier molecular flexibility index (Phi) is 5.48. The Labute approximate surface area is 160 Å². The molecule has 0 fully saturated rings. The maximum Gasteiger partial charge on any atom is 0.322 e. The van der Waals surface area contributed by atoms with Crippen molar-refractivity contribution in [3.05, 3.63) is 53.9 Å². The average molecular weight is 388 g/mol. The quantitative estimate of drug-likeness (QED) is 0.850. The molecule has 3 rings (SSSR count). The number of carbonyl (C=O) groups is 1. The molecule has 2 aromatic rings.